The Hall–Kier alpha value is -3.45. The van der Waals surface area contributed by atoms with Gasteiger partial charge in [0.1, 0.15) is 17.4 Å². The Morgan fingerprint density at radius 1 is 1.17 bits per heavy atom. The molecule has 0 fully saturated rings. The van der Waals surface area contributed by atoms with Crippen LogP contribution in [0.15, 0.2) is 54.6 Å². The number of aromatic nitrogens is 1. The fourth-order valence-corrected chi connectivity index (χ4v) is 3.04. The minimum atomic E-state index is -0.854. The highest BCUT2D eigenvalue weighted by atomic mass is 16.5. The van der Waals surface area contributed by atoms with Crippen molar-refractivity contribution in [1.82, 2.24) is 9.88 Å². The normalized spacial score (nSPS) is 12.1. The molecule has 0 aliphatic rings. The molecule has 7 nitrogen and oxygen atoms in total. The number of benzene rings is 2. The first kappa shape index (κ1) is 20.3. The Morgan fingerprint density at radius 3 is 2.48 bits per heavy atom. The zero-order valence-electron chi connectivity index (χ0n) is 16.3. The Kier molecular flexibility index (Phi) is 6.09. The molecule has 3 aromatic rings. The zero-order chi connectivity index (χ0) is 21.0. The summed E-state index contributed by atoms with van der Waals surface area (Å²) in [6, 6.07) is 15.7. The Balaban J connectivity index is 1.82. The number of primary amides is 1. The van der Waals surface area contributed by atoms with Gasteiger partial charge in [-0.05, 0) is 43.3 Å². The van der Waals surface area contributed by atoms with Crippen molar-refractivity contribution in [3.05, 3.63) is 65.7 Å². The summed E-state index contributed by atoms with van der Waals surface area (Å²) in [6.45, 7) is 4.72. The molecule has 1 atom stereocenters. The number of ether oxygens (including phenoxy) is 1. The highest BCUT2D eigenvalue weighted by Crippen LogP contribution is 2.27. The van der Waals surface area contributed by atoms with Gasteiger partial charge in [0.25, 0.3) is 5.91 Å². The molecule has 0 radical (unpaired) electrons. The van der Waals surface area contributed by atoms with E-state index < -0.39 is 17.9 Å². The summed E-state index contributed by atoms with van der Waals surface area (Å²) < 4.78 is 5.83. The average molecular weight is 393 g/mol. The van der Waals surface area contributed by atoms with Crippen LogP contribution in [0.5, 0.6) is 11.6 Å². The number of carbonyl (C=O) groups excluding carboxylic acids is 1. The van der Waals surface area contributed by atoms with Gasteiger partial charge >= 0.3 is 5.97 Å². The van der Waals surface area contributed by atoms with Gasteiger partial charge in [-0.25, -0.2) is 4.98 Å². The molecule has 0 bridgehead atoms. The number of nitrogens with zero attached hydrogens (tertiary/aromatic N) is 2. The van der Waals surface area contributed by atoms with Crippen LogP contribution in [0.1, 0.15) is 29.8 Å². The van der Waals surface area contributed by atoms with Crippen molar-refractivity contribution < 1.29 is 19.4 Å². The Labute approximate surface area is 168 Å². The molecule has 1 heterocycles. The van der Waals surface area contributed by atoms with Gasteiger partial charge in [0.15, 0.2) is 0 Å². The minimum Gasteiger partial charge on any atom is -0.480 e. The smallest absolute Gasteiger partial charge is 0.320 e. The maximum absolute atomic E-state index is 11.8. The second kappa shape index (κ2) is 8.70. The largest absolute Gasteiger partial charge is 0.480 e. The van der Waals surface area contributed by atoms with Crippen molar-refractivity contribution in [1.29, 1.82) is 0 Å². The number of para-hydroxylation sites is 1. The van der Waals surface area contributed by atoms with Crippen molar-refractivity contribution >= 4 is 22.8 Å². The van der Waals surface area contributed by atoms with Gasteiger partial charge in [0, 0.05) is 11.9 Å². The molecule has 2 aromatic carbocycles. The summed E-state index contributed by atoms with van der Waals surface area (Å²) in [5.41, 5.74) is 7.35. The molecule has 0 saturated carbocycles. The van der Waals surface area contributed by atoms with Gasteiger partial charge in [0.2, 0.25) is 5.88 Å². The summed E-state index contributed by atoms with van der Waals surface area (Å²) in [6.07, 6.45) is 0. The molecule has 0 saturated heterocycles. The second-order valence-corrected chi connectivity index (χ2v) is 6.72. The van der Waals surface area contributed by atoms with Crippen LogP contribution in [0.3, 0.4) is 0 Å². The molecule has 150 valence electrons. The van der Waals surface area contributed by atoms with Crippen molar-refractivity contribution in [2.45, 2.75) is 26.4 Å². The zero-order valence-corrected chi connectivity index (χ0v) is 16.3. The van der Waals surface area contributed by atoms with Crippen molar-refractivity contribution in [3.63, 3.8) is 0 Å². The molecule has 0 spiro atoms. The number of carbonyl (C=O) groups is 2. The molecule has 1 amide bonds. The maximum atomic E-state index is 11.8. The van der Waals surface area contributed by atoms with Crippen LogP contribution < -0.4 is 10.5 Å². The quantitative estimate of drug-likeness (QED) is 0.607. The molecule has 0 aliphatic heterocycles. The number of nitrogens with two attached hydrogens (primary N) is 1. The number of likely N-dealkylation sites (N-methyl/N-ethyl adjacent to an activating group) is 1. The third-order valence-electron chi connectivity index (χ3n) is 4.79. The number of aliphatic carboxylic acids is 1. The van der Waals surface area contributed by atoms with Gasteiger partial charge in [-0.2, -0.15) is 0 Å². The van der Waals surface area contributed by atoms with Crippen molar-refractivity contribution in [2.24, 2.45) is 5.73 Å². The number of carboxylic acids is 1. The Morgan fingerprint density at radius 2 is 1.86 bits per heavy atom. The standard InChI is InChI=1S/C22H23N3O4/c1-3-25(14(2)22(27)28)13-15-8-10-17(11-9-15)29-21-18(20(23)26)12-16-6-4-5-7-19(16)24-21/h4-12,14H,3,13H2,1-2H3,(H2,23,26)(H,27,28). The van der Waals surface area contributed by atoms with Gasteiger partial charge in [-0.15, -0.1) is 0 Å². The van der Waals surface area contributed by atoms with E-state index in [0.29, 0.717) is 24.4 Å². The van der Waals surface area contributed by atoms with E-state index >= 15 is 0 Å². The molecule has 0 aliphatic carbocycles. The topological polar surface area (TPSA) is 106 Å². The van der Waals surface area contributed by atoms with E-state index in [2.05, 4.69) is 4.98 Å². The van der Waals surface area contributed by atoms with E-state index in [4.69, 9.17) is 10.5 Å². The predicted molar refractivity (Wildman–Crippen MR) is 110 cm³/mol. The number of fused-ring (bicyclic) bond motifs is 1. The molecule has 1 aromatic heterocycles. The number of carboxylic acid groups (broad SMARTS) is 1. The number of amides is 1. The van der Waals surface area contributed by atoms with Crippen LogP contribution in [0, 0.1) is 0 Å². The van der Waals surface area contributed by atoms with Gasteiger partial charge in [-0.1, -0.05) is 37.3 Å². The van der Waals surface area contributed by atoms with E-state index in [-0.39, 0.29) is 11.4 Å². The molecule has 7 heteroatoms. The van der Waals surface area contributed by atoms with E-state index in [9.17, 15) is 14.7 Å². The van der Waals surface area contributed by atoms with E-state index in [0.717, 1.165) is 10.9 Å². The molecule has 3 N–H and O–H groups in total. The highest BCUT2D eigenvalue weighted by molar-refractivity contribution is 5.98. The average Bonchev–Trinajstić information content (AvgIpc) is 2.72. The van der Waals surface area contributed by atoms with Crippen LogP contribution in [0.2, 0.25) is 0 Å². The molecular formula is C22H23N3O4. The van der Waals surface area contributed by atoms with Crippen molar-refractivity contribution in [2.75, 3.05) is 6.54 Å². The SMILES string of the molecule is CCN(Cc1ccc(Oc2nc3ccccc3cc2C(N)=O)cc1)C(C)C(=O)O. The number of hydrogen-bond acceptors (Lipinski definition) is 5. The molecule has 3 rings (SSSR count). The molecular weight excluding hydrogens is 370 g/mol. The number of rotatable bonds is 8. The monoisotopic (exact) mass is 393 g/mol. The highest BCUT2D eigenvalue weighted by Gasteiger charge is 2.19. The van der Waals surface area contributed by atoms with Crippen LogP contribution in [0.4, 0.5) is 0 Å². The first-order chi connectivity index (χ1) is 13.9. The third-order valence-corrected chi connectivity index (χ3v) is 4.79. The minimum absolute atomic E-state index is 0.152. The summed E-state index contributed by atoms with van der Waals surface area (Å²) in [5, 5.41) is 10.0. The summed E-state index contributed by atoms with van der Waals surface area (Å²) in [5.74, 6) is -0.809. The Bertz CT molecular complexity index is 1030. The van der Waals surface area contributed by atoms with E-state index in [1.807, 2.05) is 48.2 Å². The maximum Gasteiger partial charge on any atom is 0.320 e. The third kappa shape index (κ3) is 4.70. The number of hydrogen-bond donors (Lipinski definition) is 2. The summed E-state index contributed by atoms with van der Waals surface area (Å²) in [4.78, 5) is 29.3. The molecule has 1 unspecified atom stereocenters. The van der Waals surface area contributed by atoms with Crippen LogP contribution >= 0.6 is 0 Å². The van der Waals surface area contributed by atoms with Gasteiger partial charge in [-0.3, -0.25) is 14.5 Å². The fourth-order valence-electron chi connectivity index (χ4n) is 3.04. The van der Waals surface area contributed by atoms with Crippen LogP contribution in [-0.2, 0) is 11.3 Å². The van der Waals surface area contributed by atoms with Crippen molar-refractivity contribution in [3.8, 4) is 11.6 Å². The fraction of sp³-hybridized carbons (Fsp3) is 0.227. The summed E-state index contributed by atoms with van der Waals surface area (Å²) in [7, 11) is 0. The lowest BCUT2D eigenvalue weighted by Gasteiger charge is -2.24. The van der Waals surface area contributed by atoms with Gasteiger partial charge < -0.3 is 15.6 Å². The van der Waals surface area contributed by atoms with Gasteiger partial charge in [0.05, 0.1) is 5.52 Å². The summed E-state index contributed by atoms with van der Waals surface area (Å²) >= 11 is 0. The second-order valence-electron chi connectivity index (χ2n) is 6.72. The predicted octanol–water partition coefficient (Wildman–Crippen LogP) is 3.42. The van der Waals surface area contributed by atoms with E-state index in [1.165, 1.54) is 0 Å². The van der Waals surface area contributed by atoms with Crippen LogP contribution in [-0.4, -0.2) is 39.5 Å². The number of pyridine rings is 1. The van der Waals surface area contributed by atoms with Crippen LogP contribution in [0.25, 0.3) is 10.9 Å². The first-order valence-corrected chi connectivity index (χ1v) is 9.32. The lowest BCUT2D eigenvalue weighted by atomic mass is 10.1. The van der Waals surface area contributed by atoms with E-state index in [1.54, 1.807) is 25.1 Å². The lowest BCUT2D eigenvalue weighted by molar-refractivity contribution is -0.142. The molecule has 29 heavy (non-hydrogen) atoms. The first-order valence-electron chi connectivity index (χ1n) is 9.32. The lowest BCUT2D eigenvalue weighted by Crippen LogP contribution is -2.38.